The third-order valence-electron chi connectivity index (χ3n) is 7.82. The van der Waals surface area contributed by atoms with Crippen LogP contribution in [0.2, 0.25) is 5.28 Å². The summed E-state index contributed by atoms with van der Waals surface area (Å²) in [5.41, 5.74) is 4.06. The van der Waals surface area contributed by atoms with Gasteiger partial charge >= 0.3 is 0 Å². The number of halogens is 1. The molecule has 0 fully saturated rings. The first-order chi connectivity index (χ1) is 19.3. The molecule has 0 saturated carbocycles. The summed E-state index contributed by atoms with van der Waals surface area (Å²) in [6.07, 6.45) is 0. The van der Waals surface area contributed by atoms with Gasteiger partial charge in [0.05, 0.1) is 28.0 Å². The van der Waals surface area contributed by atoms with Crippen LogP contribution in [0.25, 0.3) is 76.7 Å². The van der Waals surface area contributed by atoms with E-state index in [1.165, 1.54) is 0 Å². The van der Waals surface area contributed by atoms with E-state index in [-0.39, 0.29) is 5.28 Å². The van der Waals surface area contributed by atoms with Crippen molar-refractivity contribution in [1.82, 2.24) is 23.8 Å². The highest BCUT2D eigenvalue weighted by molar-refractivity contribution is 6.29. The van der Waals surface area contributed by atoms with Crippen LogP contribution in [-0.4, -0.2) is 23.8 Å². The zero-order valence-corrected chi connectivity index (χ0v) is 21.2. The SMILES string of the molecule is Clc1nc2nc(n1)n1c3ccccc3c3cccc(c4ccccc4c4cccc5c6c[c+]ccc6n2c45)c31. The third-order valence-corrected chi connectivity index (χ3v) is 7.99. The van der Waals surface area contributed by atoms with Gasteiger partial charge in [-0.05, 0) is 34.5 Å². The van der Waals surface area contributed by atoms with Gasteiger partial charge in [-0.3, -0.25) is 8.80 Å². The highest BCUT2D eigenvalue weighted by atomic mass is 35.5. The second kappa shape index (κ2) is 7.49. The molecule has 4 heterocycles. The smallest absolute Gasteiger partial charge is 0.242 e. The second-order valence-electron chi connectivity index (χ2n) is 9.78. The minimum absolute atomic E-state index is 0.144. The standard InChI is InChI=1S/C33H17ClN5/c34-31-35-32-37-33(36-31)39-28-18-6-4-12-22(28)26-16-8-14-24(30(26)39)20-10-2-1-9-19(20)23-13-7-15-25-21-11-3-5-17-27(21)38(32)29(23)25/h1-3,5-18H/q+1. The Kier molecular flexibility index (Phi) is 4.01. The van der Waals surface area contributed by atoms with Gasteiger partial charge < -0.3 is 0 Å². The van der Waals surface area contributed by atoms with Crippen molar-refractivity contribution in [2.75, 3.05) is 0 Å². The lowest BCUT2D eigenvalue weighted by atomic mass is 10.0. The number of hydrogen-bond acceptors (Lipinski definition) is 3. The number of para-hydroxylation sites is 3. The first-order valence-electron chi connectivity index (χ1n) is 12.8. The molecule has 0 spiro atoms. The van der Waals surface area contributed by atoms with Crippen LogP contribution >= 0.6 is 11.6 Å². The molecule has 0 unspecified atom stereocenters. The lowest BCUT2D eigenvalue weighted by Crippen LogP contribution is -1.99. The van der Waals surface area contributed by atoms with E-state index in [1.54, 1.807) is 0 Å². The Morgan fingerprint density at radius 1 is 0.487 bits per heavy atom. The second-order valence-corrected chi connectivity index (χ2v) is 10.1. The molecule has 0 saturated heterocycles. The number of aromatic nitrogens is 5. The van der Waals surface area contributed by atoms with Gasteiger partial charge in [-0.1, -0.05) is 72.8 Å². The predicted octanol–water partition coefficient (Wildman–Crippen LogP) is 8.31. The Morgan fingerprint density at radius 3 is 1.62 bits per heavy atom. The Labute approximate surface area is 226 Å². The van der Waals surface area contributed by atoms with Crippen molar-refractivity contribution in [2.24, 2.45) is 0 Å². The average Bonchev–Trinajstić information content (AvgIpc) is 3.50. The molecule has 0 N–H and O–H groups in total. The Bertz CT molecular complexity index is 2350. The van der Waals surface area contributed by atoms with Crippen LogP contribution in [0.1, 0.15) is 0 Å². The highest BCUT2D eigenvalue weighted by Crippen LogP contribution is 2.38. The van der Waals surface area contributed by atoms with E-state index >= 15 is 0 Å². The van der Waals surface area contributed by atoms with E-state index in [0.29, 0.717) is 11.6 Å². The molecule has 0 aliphatic heterocycles. The molecular weight excluding hydrogens is 502 g/mol. The summed E-state index contributed by atoms with van der Waals surface area (Å²) in [4.78, 5) is 14.5. The van der Waals surface area contributed by atoms with Gasteiger partial charge in [0.2, 0.25) is 16.8 Å². The minimum Gasteiger partial charge on any atom is -0.277 e. The van der Waals surface area contributed by atoms with Crippen LogP contribution in [0.4, 0.5) is 0 Å². The van der Waals surface area contributed by atoms with Crippen molar-refractivity contribution in [1.29, 1.82) is 0 Å². The molecule has 180 valence electrons. The Hall–Kier alpha value is -5.09. The summed E-state index contributed by atoms with van der Waals surface area (Å²) in [7, 11) is 0. The van der Waals surface area contributed by atoms with Crippen LogP contribution in [0.3, 0.4) is 0 Å². The fourth-order valence-corrected chi connectivity index (χ4v) is 6.46. The van der Waals surface area contributed by atoms with Gasteiger partial charge in [0, 0.05) is 27.6 Å². The molecule has 9 rings (SSSR count). The van der Waals surface area contributed by atoms with Crippen molar-refractivity contribution >= 4 is 88.3 Å². The Balaban J connectivity index is 1.78. The monoisotopic (exact) mass is 518 g/mol. The van der Waals surface area contributed by atoms with Gasteiger partial charge in [0.25, 0.3) is 0 Å². The van der Waals surface area contributed by atoms with Crippen LogP contribution < -0.4 is 0 Å². The third kappa shape index (κ3) is 2.70. The molecule has 0 amide bonds. The Morgan fingerprint density at radius 2 is 0.974 bits per heavy atom. The molecule has 0 atom stereocenters. The molecular formula is C33H17ClN5+. The fourth-order valence-electron chi connectivity index (χ4n) is 6.31. The van der Waals surface area contributed by atoms with Gasteiger partial charge in [-0.25, -0.2) is 0 Å². The molecule has 4 aromatic heterocycles. The van der Waals surface area contributed by atoms with E-state index in [9.17, 15) is 0 Å². The lowest BCUT2D eigenvalue weighted by Gasteiger charge is -2.04. The van der Waals surface area contributed by atoms with Gasteiger partial charge in [-0.2, -0.15) is 15.0 Å². The average molecular weight is 519 g/mol. The number of fused-ring (bicyclic) bond motifs is 13. The number of hydrogen-bond donors (Lipinski definition) is 0. The van der Waals surface area contributed by atoms with Crippen LogP contribution in [0, 0.1) is 6.07 Å². The summed E-state index contributed by atoms with van der Waals surface area (Å²) in [5.74, 6) is 0.962. The summed E-state index contributed by atoms with van der Waals surface area (Å²) in [6, 6.07) is 39.1. The van der Waals surface area contributed by atoms with Crippen molar-refractivity contribution in [3.8, 4) is 0 Å². The van der Waals surface area contributed by atoms with E-state index in [2.05, 4.69) is 110 Å². The molecule has 9 aromatic rings. The lowest BCUT2D eigenvalue weighted by molar-refractivity contribution is 1.05. The van der Waals surface area contributed by atoms with Gasteiger partial charge in [0.15, 0.2) is 5.52 Å². The molecule has 6 heteroatoms. The zero-order chi connectivity index (χ0) is 25.7. The molecule has 5 nitrogen and oxygen atoms in total. The first-order valence-corrected chi connectivity index (χ1v) is 13.1. The highest BCUT2D eigenvalue weighted by Gasteiger charge is 2.20. The largest absolute Gasteiger partial charge is 0.277 e. The maximum atomic E-state index is 6.68. The van der Waals surface area contributed by atoms with Gasteiger partial charge in [-0.15, -0.1) is 0 Å². The molecule has 39 heavy (non-hydrogen) atoms. The van der Waals surface area contributed by atoms with Crippen molar-refractivity contribution < 1.29 is 0 Å². The topological polar surface area (TPSA) is 47.5 Å². The quantitative estimate of drug-likeness (QED) is 0.190. The van der Waals surface area contributed by atoms with Crippen molar-refractivity contribution in [3.63, 3.8) is 0 Å². The number of rotatable bonds is 0. The molecule has 0 aliphatic rings. The molecule has 2 bridgehead atoms. The van der Waals surface area contributed by atoms with Crippen LogP contribution in [0.15, 0.2) is 103 Å². The molecule has 0 aliphatic carbocycles. The zero-order valence-electron chi connectivity index (χ0n) is 20.4. The normalized spacial score (nSPS) is 12.1. The summed E-state index contributed by atoms with van der Waals surface area (Å²) < 4.78 is 4.24. The summed E-state index contributed by atoms with van der Waals surface area (Å²) >= 11 is 6.68. The van der Waals surface area contributed by atoms with E-state index in [1.807, 2.05) is 18.2 Å². The summed E-state index contributed by atoms with van der Waals surface area (Å²) in [6.45, 7) is 0. The van der Waals surface area contributed by atoms with E-state index < -0.39 is 0 Å². The fraction of sp³-hybridized carbons (Fsp3) is 0. The van der Waals surface area contributed by atoms with Crippen LogP contribution in [0.5, 0.6) is 0 Å². The molecule has 0 radical (unpaired) electrons. The number of nitrogens with zero attached hydrogens (tertiary/aromatic N) is 5. The number of benzene rings is 5. The summed E-state index contributed by atoms with van der Waals surface area (Å²) in [5, 5.41) is 9.06. The van der Waals surface area contributed by atoms with E-state index in [0.717, 1.165) is 65.2 Å². The predicted molar refractivity (Wildman–Crippen MR) is 159 cm³/mol. The maximum Gasteiger partial charge on any atom is 0.242 e. The minimum atomic E-state index is 0.144. The first kappa shape index (κ1) is 20.9. The molecule has 5 aromatic carbocycles. The van der Waals surface area contributed by atoms with Crippen molar-refractivity contribution in [2.45, 2.75) is 0 Å². The van der Waals surface area contributed by atoms with Crippen LogP contribution in [-0.2, 0) is 0 Å². The maximum absolute atomic E-state index is 6.68. The van der Waals surface area contributed by atoms with E-state index in [4.69, 9.17) is 16.6 Å². The van der Waals surface area contributed by atoms with Crippen molar-refractivity contribution in [3.05, 3.63) is 114 Å². The van der Waals surface area contributed by atoms with Gasteiger partial charge in [0.1, 0.15) is 17.5 Å².